The minimum atomic E-state index is -0.699. The van der Waals surface area contributed by atoms with Gasteiger partial charge in [-0.05, 0) is 55.4 Å². The van der Waals surface area contributed by atoms with Gasteiger partial charge in [-0.3, -0.25) is 0 Å². The standard InChI is InChI=1S/C24H38FN/c1-2-3-4-6-20-9-13-22(14-10-20)17-18-23-15-11-21(12-16-23)7-5-8-24(25)19-26/h5,7-8,20-23H,2-4,6,9-18H2,1H3/b7-5+,24-8-. The summed E-state index contributed by atoms with van der Waals surface area (Å²) < 4.78 is 12.8. The van der Waals surface area contributed by atoms with Gasteiger partial charge in [-0.2, -0.15) is 9.65 Å². The van der Waals surface area contributed by atoms with Crippen LogP contribution >= 0.6 is 0 Å². The molecule has 0 amide bonds. The highest BCUT2D eigenvalue weighted by Crippen LogP contribution is 2.38. The Bertz CT molecular complexity index is 471. The summed E-state index contributed by atoms with van der Waals surface area (Å²) in [5.41, 5.74) is 0. The van der Waals surface area contributed by atoms with Crippen molar-refractivity contribution in [2.75, 3.05) is 0 Å². The van der Waals surface area contributed by atoms with Crippen LogP contribution in [0, 0.1) is 35.0 Å². The molecule has 0 atom stereocenters. The number of nitriles is 1. The molecule has 26 heavy (non-hydrogen) atoms. The lowest BCUT2D eigenvalue weighted by Crippen LogP contribution is -2.17. The second-order valence-corrected chi connectivity index (χ2v) is 8.75. The molecule has 2 saturated carbocycles. The van der Waals surface area contributed by atoms with E-state index in [9.17, 15) is 4.39 Å². The lowest BCUT2D eigenvalue weighted by Gasteiger charge is -2.31. The summed E-state index contributed by atoms with van der Waals surface area (Å²) in [6.45, 7) is 2.30. The fourth-order valence-electron chi connectivity index (χ4n) is 4.97. The van der Waals surface area contributed by atoms with Gasteiger partial charge in [-0.25, -0.2) is 0 Å². The monoisotopic (exact) mass is 359 g/mol. The lowest BCUT2D eigenvalue weighted by molar-refractivity contribution is 0.219. The van der Waals surface area contributed by atoms with Gasteiger partial charge in [0.15, 0.2) is 5.83 Å². The molecule has 2 aliphatic carbocycles. The van der Waals surface area contributed by atoms with Crippen molar-refractivity contribution in [2.24, 2.45) is 23.7 Å². The molecular formula is C24H38FN. The molecular weight excluding hydrogens is 321 g/mol. The average Bonchev–Trinajstić information content (AvgIpc) is 2.68. The largest absolute Gasteiger partial charge is 0.199 e. The minimum Gasteiger partial charge on any atom is -0.195 e. The van der Waals surface area contributed by atoms with Crippen molar-refractivity contribution in [1.29, 1.82) is 5.26 Å². The van der Waals surface area contributed by atoms with Gasteiger partial charge in [0.25, 0.3) is 0 Å². The van der Waals surface area contributed by atoms with E-state index in [1.807, 2.05) is 0 Å². The number of allylic oxidation sites excluding steroid dienone is 4. The topological polar surface area (TPSA) is 23.8 Å². The van der Waals surface area contributed by atoms with Gasteiger partial charge in [-0.1, -0.05) is 83.3 Å². The number of hydrogen-bond acceptors (Lipinski definition) is 1. The Balaban J connectivity index is 1.56. The maximum Gasteiger partial charge on any atom is 0.199 e. The molecule has 0 unspecified atom stereocenters. The van der Waals surface area contributed by atoms with Crippen LogP contribution in [0.4, 0.5) is 4.39 Å². The zero-order valence-electron chi connectivity index (χ0n) is 16.8. The van der Waals surface area contributed by atoms with Crippen LogP contribution in [0.1, 0.15) is 96.8 Å². The molecule has 0 bridgehead atoms. The van der Waals surface area contributed by atoms with Crippen molar-refractivity contribution >= 4 is 0 Å². The molecule has 0 radical (unpaired) electrons. The zero-order chi connectivity index (χ0) is 18.6. The van der Waals surface area contributed by atoms with E-state index in [-0.39, 0.29) is 0 Å². The van der Waals surface area contributed by atoms with Crippen molar-refractivity contribution < 1.29 is 4.39 Å². The van der Waals surface area contributed by atoms with Crippen molar-refractivity contribution in [1.82, 2.24) is 0 Å². The number of nitrogens with zero attached hydrogens (tertiary/aromatic N) is 1. The van der Waals surface area contributed by atoms with Crippen molar-refractivity contribution in [3.05, 3.63) is 24.1 Å². The van der Waals surface area contributed by atoms with Gasteiger partial charge in [0, 0.05) is 0 Å². The molecule has 0 aliphatic heterocycles. The number of halogens is 1. The Kier molecular flexibility index (Phi) is 10.0. The van der Waals surface area contributed by atoms with E-state index < -0.39 is 5.83 Å². The Morgan fingerprint density at radius 2 is 1.42 bits per heavy atom. The molecule has 0 aromatic rings. The first-order valence-electron chi connectivity index (χ1n) is 11.1. The maximum atomic E-state index is 12.8. The molecule has 1 nitrogen and oxygen atoms in total. The summed E-state index contributed by atoms with van der Waals surface area (Å²) in [6, 6.07) is 1.52. The van der Waals surface area contributed by atoms with Crippen molar-refractivity contribution in [2.45, 2.75) is 96.8 Å². The number of unbranched alkanes of at least 4 members (excludes halogenated alkanes) is 2. The number of hydrogen-bond donors (Lipinski definition) is 0. The fraction of sp³-hybridized carbons (Fsp3) is 0.792. The summed E-state index contributed by atoms with van der Waals surface area (Å²) in [5.74, 6) is 2.81. The lowest BCUT2D eigenvalue weighted by atomic mass is 9.75. The molecule has 0 heterocycles. The van der Waals surface area contributed by atoms with E-state index in [0.717, 1.165) is 17.8 Å². The van der Waals surface area contributed by atoms with Gasteiger partial charge in [0.05, 0.1) is 0 Å². The third-order valence-corrected chi connectivity index (χ3v) is 6.79. The minimum absolute atomic E-state index is 0.576. The second-order valence-electron chi connectivity index (χ2n) is 8.75. The average molecular weight is 360 g/mol. The molecule has 0 N–H and O–H groups in total. The van der Waals surface area contributed by atoms with Crippen LogP contribution in [-0.2, 0) is 0 Å². The van der Waals surface area contributed by atoms with Gasteiger partial charge < -0.3 is 0 Å². The zero-order valence-corrected chi connectivity index (χ0v) is 16.8. The predicted octanol–water partition coefficient (Wildman–Crippen LogP) is 7.89. The molecule has 0 spiro atoms. The molecule has 2 heteroatoms. The second kappa shape index (κ2) is 12.3. The van der Waals surface area contributed by atoms with Gasteiger partial charge in [0.1, 0.15) is 6.07 Å². The highest BCUT2D eigenvalue weighted by atomic mass is 19.1. The summed E-state index contributed by atoms with van der Waals surface area (Å²) in [6.07, 6.45) is 24.7. The van der Waals surface area contributed by atoms with E-state index in [0.29, 0.717) is 5.92 Å². The molecule has 0 aromatic heterocycles. The predicted molar refractivity (Wildman–Crippen MR) is 108 cm³/mol. The van der Waals surface area contributed by atoms with Gasteiger partial charge >= 0.3 is 0 Å². The summed E-state index contributed by atoms with van der Waals surface area (Å²) in [5, 5.41) is 8.41. The first-order chi connectivity index (χ1) is 12.7. The van der Waals surface area contributed by atoms with Crippen LogP contribution in [0.3, 0.4) is 0 Å². The third-order valence-electron chi connectivity index (χ3n) is 6.79. The molecule has 2 aliphatic rings. The Hall–Kier alpha value is -1.10. The van der Waals surface area contributed by atoms with E-state index in [1.165, 1.54) is 102 Å². The molecule has 0 aromatic carbocycles. The van der Waals surface area contributed by atoms with E-state index in [2.05, 4.69) is 13.0 Å². The molecule has 2 fully saturated rings. The molecule has 2 rings (SSSR count). The first kappa shape index (κ1) is 21.2. The summed E-state index contributed by atoms with van der Waals surface area (Å²) in [4.78, 5) is 0. The van der Waals surface area contributed by atoms with Crippen LogP contribution in [-0.4, -0.2) is 0 Å². The number of rotatable bonds is 9. The van der Waals surface area contributed by atoms with Crippen molar-refractivity contribution in [3.8, 4) is 6.07 Å². The van der Waals surface area contributed by atoms with Crippen LogP contribution in [0.25, 0.3) is 0 Å². The van der Waals surface area contributed by atoms with Crippen molar-refractivity contribution in [3.63, 3.8) is 0 Å². The van der Waals surface area contributed by atoms with Gasteiger partial charge in [-0.15, -0.1) is 0 Å². The SMILES string of the molecule is CCCCCC1CCC(CCC2CCC(/C=C/C=C(\F)C#N)CC2)CC1. The Morgan fingerprint density at radius 3 is 1.96 bits per heavy atom. The van der Waals surface area contributed by atoms with Gasteiger partial charge in [0.2, 0.25) is 0 Å². The highest BCUT2D eigenvalue weighted by molar-refractivity contribution is 5.19. The maximum absolute atomic E-state index is 12.8. The highest BCUT2D eigenvalue weighted by Gasteiger charge is 2.23. The fourth-order valence-corrected chi connectivity index (χ4v) is 4.97. The Morgan fingerprint density at radius 1 is 0.885 bits per heavy atom. The normalized spacial score (nSPS) is 30.4. The molecule has 146 valence electrons. The Labute approximate surface area is 160 Å². The quantitative estimate of drug-likeness (QED) is 0.233. The van der Waals surface area contributed by atoms with E-state index in [4.69, 9.17) is 5.26 Å². The smallest absolute Gasteiger partial charge is 0.195 e. The van der Waals surface area contributed by atoms with Crippen LogP contribution in [0.5, 0.6) is 0 Å². The summed E-state index contributed by atoms with van der Waals surface area (Å²) >= 11 is 0. The summed E-state index contributed by atoms with van der Waals surface area (Å²) in [7, 11) is 0. The molecule has 0 saturated heterocycles. The third kappa shape index (κ3) is 8.07. The van der Waals surface area contributed by atoms with E-state index >= 15 is 0 Å². The van der Waals surface area contributed by atoms with Crippen LogP contribution < -0.4 is 0 Å². The first-order valence-corrected chi connectivity index (χ1v) is 11.1. The van der Waals surface area contributed by atoms with Crippen LogP contribution in [0.15, 0.2) is 24.1 Å². The van der Waals surface area contributed by atoms with E-state index in [1.54, 1.807) is 6.08 Å². The van der Waals surface area contributed by atoms with Crippen LogP contribution in [0.2, 0.25) is 0 Å².